The maximum absolute atomic E-state index is 2.58. The fourth-order valence-electron chi connectivity index (χ4n) is 4.52. The van der Waals surface area contributed by atoms with Crippen LogP contribution in [0.3, 0.4) is 0 Å². The van der Waals surface area contributed by atoms with Gasteiger partial charge in [0.25, 0.3) is 0 Å². The Morgan fingerprint density at radius 2 is 0.483 bits per heavy atom. The first-order valence-electron chi connectivity index (χ1n) is 12.6. The summed E-state index contributed by atoms with van der Waals surface area (Å²) in [6.07, 6.45) is 11.3. The molecule has 0 atom stereocenters. The van der Waals surface area contributed by atoms with Crippen molar-refractivity contribution in [1.82, 2.24) is 14.7 Å². The molecular formula is C26H55N3. The van der Waals surface area contributed by atoms with Gasteiger partial charge in [-0.15, -0.1) is 0 Å². The highest BCUT2D eigenvalue weighted by atomic mass is 15.2. The molecule has 0 unspecified atom stereocenters. The van der Waals surface area contributed by atoms with Crippen LogP contribution < -0.4 is 0 Å². The second kappa shape index (κ2) is 12.1. The summed E-state index contributed by atoms with van der Waals surface area (Å²) in [6.45, 7) is 28.5. The number of likely N-dealkylation sites (tertiary alicyclic amines) is 3. The minimum Gasteiger partial charge on any atom is -0.298 e. The van der Waals surface area contributed by atoms with E-state index >= 15 is 0 Å². The Hall–Kier alpha value is -0.120. The number of hydrogen-bond donors (Lipinski definition) is 0. The Bertz CT molecular complexity index is 379. The zero-order valence-corrected chi connectivity index (χ0v) is 21.7. The average Bonchev–Trinajstić information content (AvgIpc) is 3.18. The van der Waals surface area contributed by atoms with Crippen LogP contribution in [0.4, 0.5) is 0 Å². The zero-order valence-electron chi connectivity index (χ0n) is 21.7. The van der Waals surface area contributed by atoms with E-state index in [-0.39, 0.29) is 0 Å². The Balaban J connectivity index is 0.000000218. The molecule has 0 saturated carbocycles. The van der Waals surface area contributed by atoms with E-state index in [9.17, 15) is 0 Å². The van der Waals surface area contributed by atoms with Crippen molar-refractivity contribution in [2.45, 2.75) is 130 Å². The smallest absolute Gasteiger partial charge is 0.0125 e. The summed E-state index contributed by atoms with van der Waals surface area (Å²) in [6, 6.07) is 0. The number of nitrogens with zero attached hydrogens (tertiary/aromatic N) is 3. The standard InChI is InChI=1S/2C9H19N.C8H17N/c2*1-9(2,3)10-7-5-4-6-8-10;1-8(2,3)9-6-4-5-7-9/h2*4-8H2,1-3H3;4-7H2,1-3H3. The second-order valence-corrected chi connectivity index (χ2v) is 12.3. The molecule has 3 aliphatic heterocycles. The van der Waals surface area contributed by atoms with Gasteiger partial charge in [0.15, 0.2) is 0 Å². The first-order valence-corrected chi connectivity index (χ1v) is 12.6. The van der Waals surface area contributed by atoms with Crippen molar-refractivity contribution in [1.29, 1.82) is 0 Å². The molecule has 3 heteroatoms. The van der Waals surface area contributed by atoms with Gasteiger partial charge in [0, 0.05) is 16.6 Å². The molecule has 0 spiro atoms. The molecule has 0 aromatic rings. The largest absolute Gasteiger partial charge is 0.298 e. The van der Waals surface area contributed by atoms with Crippen molar-refractivity contribution >= 4 is 0 Å². The van der Waals surface area contributed by atoms with Gasteiger partial charge in [0.05, 0.1) is 0 Å². The van der Waals surface area contributed by atoms with Gasteiger partial charge in [-0.05, 0) is 140 Å². The molecule has 0 aromatic carbocycles. The zero-order chi connectivity index (χ0) is 22.1. The van der Waals surface area contributed by atoms with E-state index in [1.54, 1.807) is 0 Å². The summed E-state index contributed by atoms with van der Waals surface area (Å²) in [7, 11) is 0. The van der Waals surface area contributed by atoms with Crippen molar-refractivity contribution in [2.24, 2.45) is 0 Å². The number of hydrogen-bond acceptors (Lipinski definition) is 3. The summed E-state index contributed by atoms with van der Waals surface area (Å²) in [4.78, 5) is 7.71. The maximum atomic E-state index is 2.58. The number of rotatable bonds is 0. The van der Waals surface area contributed by atoms with E-state index in [0.717, 1.165) is 0 Å². The van der Waals surface area contributed by atoms with Gasteiger partial charge < -0.3 is 0 Å². The third-order valence-corrected chi connectivity index (χ3v) is 6.66. The summed E-state index contributed by atoms with van der Waals surface area (Å²) >= 11 is 0. The molecule has 3 nitrogen and oxygen atoms in total. The predicted octanol–water partition coefficient (Wildman–Crippen LogP) is 6.42. The van der Waals surface area contributed by atoms with Gasteiger partial charge >= 0.3 is 0 Å². The lowest BCUT2D eigenvalue weighted by Crippen LogP contribution is -2.44. The molecule has 3 saturated heterocycles. The van der Waals surface area contributed by atoms with Gasteiger partial charge in [-0.2, -0.15) is 0 Å². The predicted molar refractivity (Wildman–Crippen MR) is 131 cm³/mol. The summed E-state index contributed by atoms with van der Waals surface area (Å²) in [5, 5.41) is 0. The molecule has 29 heavy (non-hydrogen) atoms. The molecule has 0 bridgehead atoms. The van der Waals surface area contributed by atoms with Crippen molar-refractivity contribution in [3.05, 3.63) is 0 Å². The Morgan fingerprint density at radius 1 is 0.310 bits per heavy atom. The summed E-state index contributed by atoms with van der Waals surface area (Å²) in [5.74, 6) is 0. The minimum atomic E-state index is 0.403. The fraction of sp³-hybridized carbons (Fsp3) is 1.00. The third kappa shape index (κ3) is 11.2. The van der Waals surface area contributed by atoms with E-state index in [4.69, 9.17) is 0 Å². The lowest BCUT2D eigenvalue weighted by Gasteiger charge is -2.38. The molecule has 0 aromatic heterocycles. The van der Waals surface area contributed by atoms with E-state index in [2.05, 4.69) is 77.0 Å². The lowest BCUT2D eigenvalue weighted by atomic mass is 10.0. The third-order valence-electron chi connectivity index (χ3n) is 6.66. The Kier molecular flexibility index (Phi) is 11.2. The van der Waals surface area contributed by atoms with Crippen molar-refractivity contribution < 1.29 is 0 Å². The fourth-order valence-corrected chi connectivity index (χ4v) is 4.52. The molecule has 3 aliphatic rings. The van der Waals surface area contributed by atoms with Crippen LogP contribution in [0.15, 0.2) is 0 Å². The first-order chi connectivity index (χ1) is 13.3. The van der Waals surface area contributed by atoms with Crippen LogP contribution >= 0.6 is 0 Å². The van der Waals surface area contributed by atoms with Crippen LogP contribution in [0.25, 0.3) is 0 Å². The van der Waals surface area contributed by atoms with E-state index in [1.165, 1.54) is 90.6 Å². The Morgan fingerprint density at radius 3 is 0.621 bits per heavy atom. The van der Waals surface area contributed by atoms with Crippen molar-refractivity contribution in [3.8, 4) is 0 Å². The minimum absolute atomic E-state index is 0.403. The molecule has 0 amide bonds. The van der Waals surface area contributed by atoms with E-state index < -0.39 is 0 Å². The molecule has 3 rings (SSSR count). The summed E-state index contributed by atoms with van der Waals surface area (Å²) < 4.78 is 0. The van der Waals surface area contributed by atoms with E-state index in [0.29, 0.717) is 16.6 Å². The van der Waals surface area contributed by atoms with Crippen LogP contribution in [0.1, 0.15) is 114 Å². The molecule has 0 radical (unpaired) electrons. The van der Waals surface area contributed by atoms with Crippen LogP contribution in [-0.2, 0) is 0 Å². The Labute approximate surface area is 184 Å². The highest BCUT2D eigenvalue weighted by Crippen LogP contribution is 2.20. The normalized spacial score (nSPS) is 23.1. The SMILES string of the molecule is CC(C)(C)N1CCCC1.CC(C)(C)N1CCCCC1.CC(C)(C)N1CCCCC1. The van der Waals surface area contributed by atoms with Gasteiger partial charge in [-0.3, -0.25) is 14.7 Å². The lowest BCUT2D eigenvalue weighted by molar-refractivity contribution is 0.110. The second-order valence-electron chi connectivity index (χ2n) is 12.3. The average molecular weight is 410 g/mol. The maximum Gasteiger partial charge on any atom is 0.0125 e. The number of piperidine rings is 2. The highest BCUT2D eigenvalue weighted by Gasteiger charge is 2.24. The molecule has 3 fully saturated rings. The van der Waals surface area contributed by atoms with Crippen LogP contribution in [0.2, 0.25) is 0 Å². The first kappa shape index (κ1) is 26.9. The van der Waals surface area contributed by atoms with E-state index in [1.807, 2.05) is 0 Å². The summed E-state index contributed by atoms with van der Waals surface area (Å²) in [5.41, 5.74) is 1.22. The van der Waals surface area contributed by atoms with Gasteiger partial charge in [0.2, 0.25) is 0 Å². The van der Waals surface area contributed by atoms with Crippen LogP contribution in [0, 0.1) is 0 Å². The van der Waals surface area contributed by atoms with Gasteiger partial charge in [-0.1, -0.05) is 12.8 Å². The van der Waals surface area contributed by atoms with Gasteiger partial charge in [-0.25, -0.2) is 0 Å². The van der Waals surface area contributed by atoms with Crippen LogP contribution in [-0.4, -0.2) is 70.6 Å². The molecule has 0 N–H and O–H groups in total. The monoisotopic (exact) mass is 409 g/mol. The topological polar surface area (TPSA) is 9.72 Å². The van der Waals surface area contributed by atoms with Crippen LogP contribution in [0.5, 0.6) is 0 Å². The molecule has 174 valence electrons. The molecule has 3 heterocycles. The molecular weight excluding hydrogens is 354 g/mol. The molecule has 0 aliphatic carbocycles. The van der Waals surface area contributed by atoms with Crippen molar-refractivity contribution in [3.63, 3.8) is 0 Å². The highest BCUT2D eigenvalue weighted by molar-refractivity contribution is 4.80. The van der Waals surface area contributed by atoms with Crippen molar-refractivity contribution in [2.75, 3.05) is 39.3 Å². The quantitative estimate of drug-likeness (QED) is 0.457. The van der Waals surface area contributed by atoms with Gasteiger partial charge in [0.1, 0.15) is 0 Å².